The maximum Gasteiger partial charge on any atom is 0.231 e. The van der Waals surface area contributed by atoms with Gasteiger partial charge >= 0.3 is 0 Å². The number of hydrogen-bond donors (Lipinski definition) is 3. The van der Waals surface area contributed by atoms with Crippen molar-refractivity contribution in [2.45, 2.75) is 75.8 Å². The smallest absolute Gasteiger partial charge is 0.231 e. The highest BCUT2D eigenvalue weighted by atomic mass is 16.5. The van der Waals surface area contributed by atoms with Gasteiger partial charge in [0.15, 0.2) is 0 Å². The molecule has 3 fully saturated rings. The molecule has 4 unspecified atom stereocenters. The molecule has 0 spiro atoms. The Morgan fingerprint density at radius 3 is 2.42 bits per heavy atom. The summed E-state index contributed by atoms with van der Waals surface area (Å²) in [5.74, 6) is -0.235. The Bertz CT molecular complexity index is 426. The van der Waals surface area contributed by atoms with Crippen LogP contribution in [-0.4, -0.2) is 70.2 Å². The van der Waals surface area contributed by atoms with Crippen LogP contribution in [-0.2, 0) is 9.53 Å². The minimum Gasteiger partial charge on any atom is -0.393 e. The molecule has 6 heteroatoms. The Labute approximate surface area is 143 Å². The molecule has 1 aliphatic heterocycles. The third-order valence-corrected chi connectivity index (χ3v) is 5.86. The van der Waals surface area contributed by atoms with Gasteiger partial charge in [0.25, 0.3) is 0 Å². The third kappa shape index (κ3) is 4.28. The molecule has 0 bridgehead atoms. The summed E-state index contributed by atoms with van der Waals surface area (Å²) in [4.78, 5) is 14.4. The number of β-amino-alcohol motifs (C(OH)–C–C–N with tert-alkyl or cyclic N) is 1. The van der Waals surface area contributed by atoms with E-state index >= 15 is 0 Å². The summed E-state index contributed by atoms with van der Waals surface area (Å²) in [6.07, 6.45) is 4.88. The molecule has 138 valence electrons. The topological polar surface area (TPSA) is 90.2 Å². The molecular formula is C18H31NO5. The molecule has 5 atom stereocenters. The first-order chi connectivity index (χ1) is 11.5. The van der Waals surface area contributed by atoms with E-state index in [2.05, 4.69) is 0 Å². The Morgan fingerprint density at radius 1 is 1.00 bits per heavy atom. The van der Waals surface area contributed by atoms with Gasteiger partial charge in [-0.15, -0.1) is 0 Å². The quantitative estimate of drug-likeness (QED) is 0.699. The summed E-state index contributed by atoms with van der Waals surface area (Å²) < 4.78 is 6.05. The molecular weight excluding hydrogens is 310 g/mol. The Hall–Kier alpha value is -0.690. The zero-order chi connectivity index (χ0) is 17.1. The van der Waals surface area contributed by atoms with Gasteiger partial charge in [0.1, 0.15) is 0 Å². The van der Waals surface area contributed by atoms with Crippen LogP contribution in [0.25, 0.3) is 0 Å². The number of ether oxygens (including phenoxy) is 1. The van der Waals surface area contributed by atoms with Crippen LogP contribution < -0.4 is 0 Å². The van der Waals surface area contributed by atoms with Crippen molar-refractivity contribution in [3.05, 3.63) is 0 Å². The molecule has 0 radical (unpaired) electrons. The van der Waals surface area contributed by atoms with Crippen molar-refractivity contribution >= 4 is 5.91 Å². The zero-order valence-corrected chi connectivity index (χ0v) is 14.3. The van der Waals surface area contributed by atoms with Crippen LogP contribution in [0, 0.1) is 11.8 Å². The van der Waals surface area contributed by atoms with Crippen LogP contribution >= 0.6 is 0 Å². The molecule has 0 aromatic carbocycles. The fraction of sp³-hybridized carbons (Fsp3) is 0.944. The van der Waals surface area contributed by atoms with Crippen molar-refractivity contribution in [1.82, 2.24) is 4.90 Å². The summed E-state index contributed by atoms with van der Waals surface area (Å²) in [6.45, 7) is 1.47. The van der Waals surface area contributed by atoms with Crippen molar-refractivity contribution < 1.29 is 24.9 Å². The van der Waals surface area contributed by atoms with E-state index in [-0.39, 0.29) is 12.3 Å². The van der Waals surface area contributed by atoms with Gasteiger partial charge in [-0.2, -0.15) is 0 Å². The van der Waals surface area contributed by atoms with E-state index in [1.54, 1.807) is 4.90 Å². The van der Waals surface area contributed by atoms with Crippen LogP contribution in [0.4, 0.5) is 0 Å². The summed E-state index contributed by atoms with van der Waals surface area (Å²) in [7, 11) is 0. The average Bonchev–Trinajstić information content (AvgIpc) is 2.99. The molecule has 6 nitrogen and oxygen atoms in total. The van der Waals surface area contributed by atoms with E-state index in [1.165, 1.54) is 19.3 Å². The predicted octanol–water partition coefficient (Wildman–Crippen LogP) is 0.677. The lowest BCUT2D eigenvalue weighted by molar-refractivity contribution is -0.158. The summed E-state index contributed by atoms with van der Waals surface area (Å²) in [5.41, 5.74) is 0. The van der Waals surface area contributed by atoms with E-state index in [1.807, 2.05) is 0 Å². The van der Waals surface area contributed by atoms with Gasteiger partial charge in [0, 0.05) is 32.5 Å². The number of hydrogen-bond acceptors (Lipinski definition) is 5. The van der Waals surface area contributed by atoms with E-state index < -0.39 is 30.3 Å². The fourth-order valence-electron chi connectivity index (χ4n) is 4.45. The molecule has 1 heterocycles. The number of nitrogens with zero attached hydrogens (tertiary/aromatic N) is 1. The summed E-state index contributed by atoms with van der Waals surface area (Å²) in [5, 5.41) is 30.0. The van der Waals surface area contributed by atoms with E-state index in [9.17, 15) is 20.1 Å². The van der Waals surface area contributed by atoms with Gasteiger partial charge in [-0.1, -0.05) is 19.3 Å². The molecule has 3 rings (SSSR count). The largest absolute Gasteiger partial charge is 0.393 e. The number of aliphatic hydroxyl groups excluding tert-OH is 3. The number of rotatable bonds is 4. The average molecular weight is 341 g/mol. The summed E-state index contributed by atoms with van der Waals surface area (Å²) in [6, 6.07) is 0. The Kier molecular flexibility index (Phi) is 6.13. The number of carbonyl (C=O) groups is 1. The molecule has 3 N–H and O–H groups in total. The van der Waals surface area contributed by atoms with Gasteiger partial charge in [-0.25, -0.2) is 0 Å². The number of aliphatic hydroxyl groups is 3. The van der Waals surface area contributed by atoms with Gasteiger partial charge < -0.3 is 25.0 Å². The van der Waals surface area contributed by atoms with Crippen LogP contribution in [0.2, 0.25) is 0 Å². The highest BCUT2D eigenvalue weighted by Gasteiger charge is 2.44. The monoisotopic (exact) mass is 341 g/mol. The summed E-state index contributed by atoms with van der Waals surface area (Å²) >= 11 is 0. The van der Waals surface area contributed by atoms with Gasteiger partial charge in [-0.05, 0) is 25.2 Å². The third-order valence-electron chi connectivity index (χ3n) is 5.86. The molecule has 0 aromatic heterocycles. The maximum absolute atomic E-state index is 12.8. The van der Waals surface area contributed by atoms with Crippen LogP contribution in [0.1, 0.15) is 51.4 Å². The van der Waals surface area contributed by atoms with E-state index in [4.69, 9.17) is 4.74 Å². The van der Waals surface area contributed by atoms with Crippen molar-refractivity contribution in [1.29, 1.82) is 0 Å². The SMILES string of the molecule is O=C(C1C(O)CC(O)CC1OCC1CCCCC1)N1CC[C@H](O)C1. The van der Waals surface area contributed by atoms with Crippen molar-refractivity contribution in [3.8, 4) is 0 Å². The Balaban J connectivity index is 1.62. The highest BCUT2D eigenvalue weighted by Crippen LogP contribution is 2.32. The molecule has 2 saturated carbocycles. The second-order valence-corrected chi connectivity index (χ2v) is 7.82. The minimum absolute atomic E-state index is 0.139. The molecule has 3 aliphatic rings. The van der Waals surface area contributed by atoms with Gasteiger partial charge in [0.05, 0.1) is 30.3 Å². The van der Waals surface area contributed by atoms with Crippen molar-refractivity contribution in [2.75, 3.05) is 19.7 Å². The standard InChI is InChI=1S/C18H31NO5/c20-13-6-7-19(10-13)18(23)17-15(22)8-14(21)9-16(17)24-11-12-4-2-1-3-5-12/h12-17,20-22H,1-11H2/t13-,14?,15?,16?,17?/m0/s1. The minimum atomic E-state index is -0.879. The highest BCUT2D eigenvalue weighted by molar-refractivity contribution is 5.80. The second-order valence-electron chi connectivity index (χ2n) is 7.82. The number of amides is 1. The molecule has 0 aromatic rings. The molecule has 2 aliphatic carbocycles. The second kappa shape index (κ2) is 8.13. The number of likely N-dealkylation sites (tertiary alicyclic amines) is 1. The predicted molar refractivity (Wildman–Crippen MR) is 88.3 cm³/mol. The Morgan fingerprint density at radius 2 is 1.75 bits per heavy atom. The van der Waals surface area contributed by atoms with Gasteiger partial charge in [-0.3, -0.25) is 4.79 Å². The van der Waals surface area contributed by atoms with Gasteiger partial charge in [0.2, 0.25) is 5.91 Å². The maximum atomic E-state index is 12.8. The van der Waals surface area contributed by atoms with Crippen molar-refractivity contribution in [2.24, 2.45) is 11.8 Å². The molecule has 24 heavy (non-hydrogen) atoms. The zero-order valence-electron chi connectivity index (χ0n) is 14.3. The van der Waals surface area contributed by atoms with E-state index in [0.717, 1.165) is 12.8 Å². The van der Waals surface area contributed by atoms with Crippen LogP contribution in [0.3, 0.4) is 0 Å². The number of carbonyl (C=O) groups excluding carboxylic acids is 1. The molecule has 1 saturated heterocycles. The first-order valence-electron chi connectivity index (χ1n) is 9.49. The van der Waals surface area contributed by atoms with Crippen molar-refractivity contribution in [3.63, 3.8) is 0 Å². The normalized spacial score (nSPS) is 38.5. The fourth-order valence-corrected chi connectivity index (χ4v) is 4.45. The lowest BCUT2D eigenvalue weighted by Gasteiger charge is -2.39. The van der Waals surface area contributed by atoms with Crippen LogP contribution in [0.15, 0.2) is 0 Å². The van der Waals surface area contributed by atoms with Crippen LogP contribution in [0.5, 0.6) is 0 Å². The van der Waals surface area contributed by atoms with E-state index in [0.29, 0.717) is 38.5 Å². The lowest BCUT2D eigenvalue weighted by Crippen LogP contribution is -2.52. The molecule has 1 amide bonds. The lowest BCUT2D eigenvalue weighted by atomic mass is 9.81. The first-order valence-corrected chi connectivity index (χ1v) is 9.49. The first kappa shape index (κ1) is 18.1.